The van der Waals surface area contributed by atoms with Gasteiger partial charge in [0.1, 0.15) is 11.6 Å². The van der Waals surface area contributed by atoms with E-state index in [9.17, 15) is 14.4 Å². The number of para-hydroxylation sites is 1. The van der Waals surface area contributed by atoms with Crippen molar-refractivity contribution in [3.8, 4) is 0 Å². The topological polar surface area (TPSA) is 102 Å². The van der Waals surface area contributed by atoms with Crippen LogP contribution < -0.4 is 16.0 Å². The second-order valence-corrected chi connectivity index (χ2v) is 8.77. The Labute approximate surface area is 169 Å². The van der Waals surface area contributed by atoms with Crippen LogP contribution >= 0.6 is 0 Å². The molecule has 0 aromatic heterocycles. The molecule has 2 bridgehead atoms. The van der Waals surface area contributed by atoms with Crippen molar-refractivity contribution in [1.82, 2.24) is 5.32 Å². The van der Waals surface area contributed by atoms with Gasteiger partial charge in [-0.05, 0) is 31.9 Å². The zero-order valence-corrected chi connectivity index (χ0v) is 16.3. The molecule has 3 fully saturated rings. The van der Waals surface area contributed by atoms with E-state index in [0.717, 1.165) is 25.7 Å². The predicted octanol–water partition coefficient (Wildman–Crippen LogP) is 1.28. The molecule has 2 saturated heterocycles. The molecule has 7 nitrogen and oxygen atoms in total. The molecule has 1 saturated carbocycles. The van der Waals surface area contributed by atoms with Gasteiger partial charge in [0.05, 0.1) is 17.4 Å². The molecule has 29 heavy (non-hydrogen) atoms. The van der Waals surface area contributed by atoms with Gasteiger partial charge in [-0.15, -0.1) is 0 Å². The minimum Gasteiger partial charge on any atom is -0.369 e. The molecule has 152 valence electrons. The van der Waals surface area contributed by atoms with E-state index < -0.39 is 35.0 Å². The fraction of sp³-hybridized carbons (Fsp3) is 0.500. The lowest BCUT2D eigenvalue weighted by molar-refractivity contribution is -0.132. The normalized spacial score (nSPS) is 37.9. The third kappa shape index (κ3) is 2.43. The lowest BCUT2D eigenvalue weighted by Crippen LogP contribution is -2.56. The molecule has 4 aliphatic rings. The monoisotopic (exact) mass is 395 g/mol. The van der Waals surface area contributed by atoms with E-state index in [4.69, 9.17) is 10.5 Å². The Balaban J connectivity index is 1.61. The van der Waals surface area contributed by atoms with E-state index in [1.165, 1.54) is 4.90 Å². The van der Waals surface area contributed by atoms with Gasteiger partial charge in [-0.1, -0.05) is 43.2 Å². The third-order valence-electron chi connectivity index (χ3n) is 6.99. The highest BCUT2D eigenvalue weighted by atomic mass is 16.5. The molecule has 0 radical (unpaired) electrons. The number of fused-ring (bicyclic) bond motifs is 1. The lowest BCUT2D eigenvalue weighted by Gasteiger charge is -2.33. The summed E-state index contributed by atoms with van der Waals surface area (Å²) in [4.78, 5) is 40.9. The number of anilines is 1. The highest BCUT2D eigenvalue weighted by Gasteiger charge is 2.76. The van der Waals surface area contributed by atoms with Crippen molar-refractivity contribution in [2.45, 2.75) is 55.9 Å². The number of carbonyl (C=O) groups is 3. The highest BCUT2D eigenvalue weighted by molar-refractivity contribution is 6.10. The second kappa shape index (κ2) is 6.16. The molecule has 1 aromatic rings. The minimum atomic E-state index is -1.19. The Morgan fingerprint density at radius 1 is 1.17 bits per heavy atom. The number of carbonyl (C=O) groups excluding carboxylic acids is 3. The van der Waals surface area contributed by atoms with Crippen molar-refractivity contribution >= 4 is 23.4 Å². The van der Waals surface area contributed by atoms with E-state index in [0.29, 0.717) is 5.69 Å². The summed E-state index contributed by atoms with van der Waals surface area (Å²) in [5.74, 6) is -2.73. The maximum Gasteiger partial charge on any atom is 0.246 e. The van der Waals surface area contributed by atoms with E-state index in [-0.39, 0.29) is 17.9 Å². The van der Waals surface area contributed by atoms with Gasteiger partial charge in [-0.25, -0.2) is 0 Å². The molecule has 3 amide bonds. The number of benzene rings is 1. The van der Waals surface area contributed by atoms with Crippen LogP contribution in [0.4, 0.5) is 5.69 Å². The number of nitrogens with two attached hydrogens (primary N) is 1. The van der Waals surface area contributed by atoms with Crippen LogP contribution in [-0.2, 0) is 19.1 Å². The van der Waals surface area contributed by atoms with Gasteiger partial charge in [0.15, 0.2) is 0 Å². The zero-order chi connectivity index (χ0) is 20.4. The largest absolute Gasteiger partial charge is 0.369 e. The Kier molecular flexibility index (Phi) is 3.90. The van der Waals surface area contributed by atoms with Gasteiger partial charge in [-0.2, -0.15) is 0 Å². The Morgan fingerprint density at radius 3 is 2.52 bits per heavy atom. The van der Waals surface area contributed by atoms with Gasteiger partial charge in [0, 0.05) is 11.7 Å². The molecule has 7 heteroatoms. The number of nitrogens with zero attached hydrogens (tertiary/aromatic N) is 1. The summed E-state index contributed by atoms with van der Waals surface area (Å²) in [5.41, 5.74) is 4.15. The number of nitrogens with one attached hydrogen (secondary N) is 1. The van der Waals surface area contributed by atoms with E-state index in [2.05, 4.69) is 5.32 Å². The number of amides is 3. The SMILES string of the molecule is C[C@@]12C=C[C@@]3(O1)[C@H](C(=O)N(c1ccccc1)[C@@H]3C(=O)NC1CCCC1)[C@H]2C(N)=O. The number of hydrogen-bond donors (Lipinski definition) is 2. The molecule has 1 aromatic carbocycles. The first-order valence-electron chi connectivity index (χ1n) is 10.3. The summed E-state index contributed by atoms with van der Waals surface area (Å²) in [6, 6.07) is 8.31. The van der Waals surface area contributed by atoms with Crippen molar-refractivity contribution in [2.24, 2.45) is 17.6 Å². The maximum absolute atomic E-state index is 13.6. The van der Waals surface area contributed by atoms with Gasteiger partial charge in [0.25, 0.3) is 0 Å². The quantitative estimate of drug-likeness (QED) is 0.750. The average molecular weight is 395 g/mol. The fourth-order valence-electron chi connectivity index (χ4n) is 5.79. The van der Waals surface area contributed by atoms with Crippen LogP contribution in [0.3, 0.4) is 0 Å². The first-order valence-corrected chi connectivity index (χ1v) is 10.3. The van der Waals surface area contributed by atoms with Crippen LogP contribution in [0, 0.1) is 11.8 Å². The van der Waals surface area contributed by atoms with Gasteiger partial charge >= 0.3 is 0 Å². The van der Waals surface area contributed by atoms with Crippen molar-refractivity contribution in [3.05, 3.63) is 42.5 Å². The minimum absolute atomic E-state index is 0.107. The number of primary amides is 1. The molecule has 3 N–H and O–H groups in total. The van der Waals surface area contributed by atoms with Crippen LogP contribution in [0.2, 0.25) is 0 Å². The molecular formula is C22H25N3O4. The number of rotatable bonds is 4. The van der Waals surface area contributed by atoms with Crippen LogP contribution in [0.1, 0.15) is 32.6 Å². The smallest absolute Gasteiger partial charge is 0.246 e. The van der Waals surface area contributed by atoms with Crippen LogP contribution in [0.15, 0.2) is 42.5 Å². The van der Waals surface area contributed by atoms with E-state index in [1.54, 1.807) is 31.2 Å². The van der Waals surface area contributed by atoms with Crippen molar-refractivity contribution < 1.29 is 19.1 Å². The van der Waals surface area contributed by atoms with Crippen LogP contribution in [-0.4, -0.2) is 41.0 Å². The van der Waals surface area contributed by atoms with Crippen molar-refractivity contribution in [2.75, 3.05) is 4.90 Å². The zero-order valence-electron chi connectivity index (χ0n) is 16.3. The lowest BCUT2D eigenvalue weighted by atomic mass is 9.70. The third-order valence-corrected chi connectivity index (χ3v) is 6.99. The summed E-state index contributed by atoms with van der Waals surface area (Å²) in [6.45, 7) is 1.76. The summed E-state index contributed by atoms with van der Waals surface area (Å²) in [7, 11) is 0. The van der Waals surface area contributed by atoms with Gasteiger partial charge in [-0.3, -0.25) is 19.3 Å². The number of hydrogen-bond acceptors (Lipinski definition) is 4. The van der Waals surface area contributed by atoms with Crippen LogP contribution in [0.5, 0.6) is 0 Å². The van der Waals surface area contributed by atoms with Gasteiger partial charge < -0.3 is 15.8 Å². The molecule has 5 rings (SSSR count). The molecule has 0 unspecified atom stereocenters. The van der Waals surface area contributed by atoms with Crippen molar-refractivity contribution in [3.63, 3.8) is 0 Å². The standard InChI is InChI=1S/C22H25N3O4/c1-21-11-12-22(29-21)16(15(21)18(23)26)20(28)25(14-9-3-2-4-10-14)17(22)19(27)24-13-7-5-6-8-13/h2-4,9-13,15-17H,5-8H2,1H3,(H2,23,26)(H,24,27)/t15-,16-,17+,21-,22+/m0/s1. The predicted molar refractivity (Wildman–Crippen MR) is 106 cm³/mol. The number of ether oxygens (including phenoxy) is 1. The Hall–Kier alpha value is -2.67. The Bertz CT molecular complexity index is 910. The summed E-state index contributed by atoms with van der Waals surface area (Å²) in [5, 5.41) is 3.13. The maximum atomic E-state index is 13.6. The fourth-order valence-corrected chi connectivity index (χ4v) is 5.79. The van der Waals surface area contributed by atoms with Gasteiger partial charge in [0.2, 0.25) is 17.7 Å². The van der Waals surface area contributed by atoms with E-state index in [1.807, 2.05) is 18.2 Å². The molecule has 3 heterocycles. The first kappa shape index (κ1) is 18.4. The van der Waals surface area contributed by atoms with E-state index >= 15 is 0 Å². The first-order chi connectivity index (χ1) is 13.9. The summed E-state index contributed by atoms with van der Waals surface area (Å²) in [6.07, 6.45) is 7.64. The average Bonchev–Trinajstić information content (AvgIpc) is 3.42. The molecule has 1 aliphatic carbocycles. The second-order valence-electron chi connectivity index (χ2n) is 8.77. The summed E-state index contributed by atoms with van der Waals surface area (Å²) < 4.78 is 6.33. The van der Waals surface area contributed by atoms with Crippen molar-refractivity contribution in [1.29, 1.82) is 0 Å². The summed E-state index contributed by atoms with van der Waals surface area (Å²) >= 11 is 0. The highest BCUT2D eigenvalue weighted by Crippen LogP contribution is 2.60. The molecule has 5 atom stereocenters. The molecular weight excluding hydrogens is 370 g/mol. The molecule has 1 spiro atoms. The molecule has 3 aliphatic heterocycles. The Morgan fingerprint density at radius 2 is 1.86 bits per heavy atom. The van der Waals surface area contributed by atoms with Crippen LogP contribution in [0.25, 0.3) is 0 Å².